The van der Waals surface area contributed by atoms with E-state index < -0.39 is 15.6 Å². The summed E-state index contributed by atoms with van der Waals surface area (Å²) in [6.07, 6.45) is 7.72. The van der Waals surface area contributed by atoms with Gasteiger partial charge >= 0.3 is 0 Å². The second-order valence-electron chi connectivity index (χ2n) is 9.98. The predicted octanol–water partition coefficient (Wildman–Crippen LogP) is 5.24. The van der Waals surface area contributed by atoms with Gasteiger partial charge in [-0.2, -0.15) is 0 Å². The Labute approximate surface area is 237 Å². The van der Waals surface area contributed by atoms with Gasteiger partial charge < -0.3 is 14.1 Å². The Balaban J connectivity index is 1.81. The number of aromatic amines is 1. The van der Waals surface area contributed by atoms with Crippen molar-refractivity contribution >= 4 is 37.5 Å². The molecule has 0 radical (unpaired) electrons. The third kappa shape index (κ3) is 4.22. The summed E-state index contributed by atoms with van der Waals surface area (Å²) in [5.74, 6) is -0.0518. The first-order chi connectivity index (χ1) is 19.8. The molecular formula is C31H30N6O3S. The number of sulfonamides is 1. The zero-order valence-electron chi connectivity index (χ0n) is 23.0. The van der Waals surface area contributed by atoms with E-state index in [9.17, 15) is 13.2 Å². The highest BCUT2D eigenvalue weighted by atomic mass is 32.2. The molecular weight excluding hydrogens is 536 g/mol. The summed E-state index contributed by atoms with van der Waals surface area (Å²) >= 11 is 0. The molecule has 0 bridgehead atoms. The molecule has 6 rings (SSSR count). The van der Waals surface area contributed by atoms with Crippen molar-refractivity contribution in [2.24, 2.45) is 7.05 Å². The second kappa shape index (κ2) is 10.0. The van der Waals surface area contributed by atoms with Crippen molar-refractivity contribution in [2.45, 2.75) is 25.8 Å². The van der Waals surface area contributed by atoms with E-state index >= 15 is 0 Å². The number of hydrogen-bond donors (Lipinski definition) is 2. The molecule has 1 aromatic carbocycles. The van der Waals surface area contributed by atoms with E-state index in [4.69, 9.17) is 9.97 Å². The minimum atomic E-state index is -3.55. The molecule has 0 spiro atoms. The van der Waals surface area contributed by atoms with Gasteiger partial charge in [-0.25, -0.2) is 8.42 Å². The van der Waals surface area contributed by atoms with E-state index in [0.29, 0.717) is 17.6 Å². The largest absolute Gasteiger partial charge is 0.345 e. The zero-order valence-corrected chi connectivity index (χ0v) is 23.8. The molecule has 41 heavy (non-hydrogen) atoms. The Hall–Kier alpha value is -4.70. The van der Waals surface area contributed by atoms with Gasteiger partial charge in [-0.15, -0.1) is 0 Å². The maximum atomic E-state index is 12.9. The summed E-state index contributed by atoms with van der Waals surface area (Å²) in [7, 11) is -1.70. The fourth-order valence-corrected chi connectivity index (χ4v) is 6.49. The number of pyridine rings is 3. The number of nitrogens with zero attached hydrogens (tertiary/aromatic N) is 4. The molecule has 9 nitrogen and oxygen atoms in total. The first kappa shape index (κ1) is 26.5. The predicted molar refractivity (Wildman–Crippen MR) is 162 cm³/mol. The molecule has 0 unspecified atom stereocenters. The highest BCUT2D eigenvalue weighted by Gasteiger charge is 2.40. The van der Waals surface area contributed by atoms with Crippen molar-refractivity contribution in [3.8, 4) is 11.3 Å². The number of rotatable bonds is 8. The van der Waals surface area contributed by atoms with Crippen LogP contribution in [0.1, 0.15) is 31.7 Å². The molecule has 0 saturated heterocycles. The SMILES string of the molecule is CCC(c1ccccn1)(c1ccccn1)n1c(-c2cn(C)c3c(=O)[nH]ccc23)cc2c(NS(=O)(=O)CC)cccc21. The van der Waals surface area contributed by atoms with Crippen LogP contribution in [0.4, 0.5) is 5.69 Å². The number of hydrogen-bond acceptors (Lipinski definition) is 5. The van der Waals surface area contributed by atoms with Crippen molar-refractivity contribution < 1.29 is 8.42 Å². The first-order valence-corrected chi connectivity index (χ1v) is 15.1. The van der Waals surface area contributed by atoms with Crippen molar-refractivity contribution in [2.75, 3.05) is 10.5 Å². The number of aryl methyl sites for hydroxylation is 1. The molecule has 0 atom stereocenters. The lowest BCUT2D eigenvalue weighted by Crippen LogP contribution is -2.38. The average molecular weight is 567 g/mol. The van der Waals surface area contributed by atoms with Crippen molar-refractivity contribution in [1.29, 1.82) is 0 Å². The normalized spacial score (nSPS) is 12.3. The zero-order chi connectivity index (χ0) is 28.8. The Morgan fingerprint density at radius 1 is 0.927 bits per heavy atom. The van der Waals surface area contributed by atoms with Gasteiger partial charge in [0.25, 0.3) is 5.56 Å². The van der Waals surface area contributed by atoms with Crippen molar-refractivity contribution in [1.82, 2.24) is 24.1 Å². The molecule has 6 aromatic rings. The lowest BCUT2D eigenvalue weighted by molar-refractivity contribution is 0.409. The van der Waals surface area contributed by atoms with Crippen LogP contribution in [-0.4, -0.2) is 38.3 Å². The van der Waals surface area contributed by atoms with Gasteiger partial charge in [0.15, 0.2) is 0 Å². The van der Waals surface area contributed by atoms with Crippen molar-refractivity contribution in [3.05, 3.63) is 113 Å². The summed E-state index contributed by atoms with van der Waals surface area (Å²) in [6.45, 7) is 3.70. The number of fused-ring (bicyclic) bond motifs is 2. The molecule has 0 fully saturated rings. The molecule has 10 heteroatoms. The minimum Gasteiger partial charge on any atom is -0.345 e. The van der Waals surface area contributed by atoms with Crippen molar-refractivity contribution in [3.63, 3.8) is 0 Å². The van der Waals surface area contributed by atoms with Crippen LogP contribution in [0, 0.1) is 0 Å². The van der Waals surface area contributed by atoms with Gasteiger partial charge in [0.2, 0.25) is 10.0 Å². The molecule has 0 saturated carbocycles. The van der Waals surface area contributed by atoms with E-state index in [0.717, 1.165) is 38.9 Å². The Morgan fingerprint density at radius 3 is 2.24 bits per heavy atom. The van der Waals surface area contributed by atoms with E-state index in [-0.39, 0.29) is 11.3 Å². The van der Waals surface area contributed by atoms with Crippen LogP contribution in [0.15, 0.2) is 96.3 Å². The number of anilines is 1. The van der Waals surface area contributed by atoms with Gasteiger partial charge in [-0.05, 0) is 61.9 Å². The van der Waals surface area contributed by atoms with Gasteiger partial charge in [0.05, 0.1) is 34.0 Å². The number of H-pyrrole nitrogens is 1. The van der Waals surface area contributed by atoms with Crippen LogP contribution < -0.4 is 10.3 Å². The summed E-state index contributed by atoms with van der Waals surface area (Å²) in [5.41, 5.74) is 3.98. The molecule has 5 aromatic heterocycles. The molecule has 0 amide bonds. The topological polar surface area (TPSA) is 115 Å². The lowest BCUT2D eigenvalue weighted by atomic mass is 9.85. The maximum absolute atomic E-state index is 12.9. The van der Waals surface area contributed by atoms with E-state index in [1.807, 2.05) is 78.5 Å². The van der Waals surface area contributed by atoms with Crippen LogP contribution in [0.5, 0.6) is 0 Å². The quantitative estimate of drug-likeness (QED) is 0.261. The van der Waals surface area contributed by atoms with Gasteiger partial charge in [-0.1, -0.05) is 25.1 Å². The number of aromatic nitrogens is 5. The van der Waals surface area contributed by atoms with Gasteiger partial charge in [0, 0.05) is 48.2 Å². The van der Waals surface area contributed by atoms with E-state index in [2.05, 4.69) is 21.2 Å². The third-order valence-corrected chi connectivity index (χ3v) is 9.03. The fourth-order valence-electron chi connectivity index (χ4n) is 5.83. The molecule has 0 aliphatic carbocycles. The smallest absolute Gasteiger partial charge is 0.272 e. The average Bonchev–Trinajstić information content (AvgIpc) is 3.54. The Bertz CT molecular complexity index is 2000. The maximum Gasteiger partial charge on any atom is 0.272 e. The molecule has 208 valence electrons. The Morgan fingerprint density at radius 2 is 1.63 bits per heavy atom. The van der Waals surface area contributed by atoms with Gasteiger partial charge in [-0.3, -0.25) is 19.5 Å². The summed E-state index contributed by atoms with van der Waals surface area (Å²) in [6, 6.07) is 21.1. The van der Waals surface area contributed by atoms with E-state index in [1.54, 1.807) is 31.6 Å². The third-order valence-electron chi connectivity index (χ3n) is 7.74. The monoisotopic (exact) mass is 566 g/mol. The number of nitrogens with one attached hydrogen (secondary N) is 2. The van der Waals surface area contributed by atoms with Gasteiger partial charge in [0.1, 0.15) is 11.1 Å². The summed E-state index contributed by atoms with van der Waals surface area (Å²) < 4.78 is 32.2. The minimum absolute atomic E-state index is 0.0518. The van der Waals surface area contributed by atoms with Crippen LogP contribution in [0.2, 0.25) is 0 Å². The Kier molecular flexibility index (Phi) is 6.50. The summed E-state index contributed by atoms with van der Waals surface area (Å²) in [5, 5.41) is 1.51. The molecule has 2 N–H and O–H groups in total. The molecule has 0 aliphatic rings. The molecule has 5 heterocycles. The molecule has 0 aliphatic heterocycles. The fraction of sp³-hybridized carbons (Fsp3) is 0.194. The van der Waals surface area contributed by atoms with Crippen LogP contribution in [0.25, 0.3) is 33.1 Å². The second-order valence-corrected chi connectivity index (χ2v) is 12.0. The standard InChI is InChI=1S/C31H30N6O3S/c1-4-31(27-13-6-8-16-32-27,28-14-7-9-17-33-28)37-25-12-10-11-24(35-41(39,40)5-2)22(25)19-26(37)23-20-36(3)29-21(23)15-18-34-30(29)38/h6-20,35H,4-5H2,1-3H3,(H,34,38). The number of benzene rings is 1. The lowest BCUT2D eigenvalue weighted by Gasteiger charge is -2.36. The van der Waals surface area contributed by atoms with Crippen LogP contribution in [-0.2, 0) is 22.6 Å². The van der Waals surface area contributed by atoms with E-state index in [1.165, 1.54) is 0 Å². The van der Waals surface area contributed by atoms with Crippen LogP contribution >= 0.6 is 0 Å². The highest BCUT2D eigenvalue weighted by molar-refractivity contribution is 7.92. The van der Waals surface area contributed by atoms with Crippen LogP contribution in [0.3, 0.4) is 0 Å². The highest BCUT2D eigenvalue weighted by Crippen LogP contribution is 2.45. The first-order valence-electron chi connectivity index (χ1n) is 13.5. The summed E-state index contributed by atoms with van der Waals surface area (Å²) in [4.78, 5) is 25.3.